The largest absolute Gasteiger partial charge is 0.481 e. The van der Waals surface area contributed by atoms with Gasteiger partial charge in [-0.1, -0.05) is 48.5 Å². The number of carboxylic acid groups (broad SMARTS) is 1. The third-order valence-corrected chi connectivity index (χ3v) is 8.18. The number of amides is 2. The SMILES string of the molecule is C=CCN(C(=O)[C@H]1N([C@H](CO)c2ccccc2)C(=O)[C@@H]2[C@@H](C(=O)O)[C@H]3CC[C@]21O3)c1cc(C)ccc1C. The van der Waals surface area contributed by atoms with Crippen molar-refractivity contribution in [3.05, 3.63) is 77.9 Å². The molecular formula is C29H32N2O6. The fourth-order valence-electron chi connectivity index (χ4n) is 6.61. The molecule has 0 unspecified atom stereocenters. The van der Waals surface area contributed by atoms with Gasteiger partial charge in [0.15, 0.2) is 0 Å². The second-order valence-corrected chi connectivity index (χ2v) is 10.3. The molecule has 37 heavy (non-hydrogen) atoms. The molecule has 8 nitrogen and oxygen atoms in total. The highest BCUT2D eigenvalue weighted by Crippen LogP contribution is 2.60. The molecule has 2 bridgehead atoms. The number of benzene rings is 2. The summed E-state index contributed by atoms with van der Waals surface area (Å²) >= 11 is 0. The number of aliphatic carboxylic acids is 1. The molecule has 0 aromatic heterocycles. The Hall–Kier alpha value is -3.49. The molecule has 194 valence electrons. The van der Waals surface area contributed by atoms with Gasteiger partial charge in [-0.05, 0) is 49.4 Å². The van der Waals surface area contributed by atoms with E-state index in [1.165, 1.54) is 4.90 Å². The zero-order valence-electron chi connectivity index (χ0n) is 21.0. The number of aliphatic hydroxyl groups is 1. The highest BCUT2D eigenvalue weighted by molar-refractivity contribution is 6.05. The summed E-state index contributed by atoms with van der Waals surface area (Å²) in [5.41, 5.74) is 1.93. The maximum atomic E-state index is 14.6. The van der Waals surface area contributed by atoms with E-state index in [2.05, 4.69) is 6.58 Å². The Kier molecular flexibility index (Phi) is 6.41. The molecule has 3 aliphatic rings. The molecule has 2 amide bonds. The Morgan fingerprint density at radius 2 is 1.97 bits per heavy atom. The van der Waals surface area contributed by atoms with Gasteiger partial charge in [0.05, 0.1) is 30.6 Å². The number of carbonyl (C=O) groups excluding carboxylic acids is 2. The lowest BCUT2D eigenvalue weighted by Crippen LogP contribution is -2.57. The number of nitrogens with zero attached hydrogens (tertiary/aromatic N) is 2. The van der Waals surface area contributed by atoms with E-state index in [1.807, 2.05) is 38.1 Å². The fraction of sp³-hybridized carbons (Fsp3) is 0.414. The minimum Gasteiger partial charge on any atom is -0.481 e. The Bertz CT molecular complexity index is 1250. The minimum absolute atomic E-state index is 0.198. The first kappa shape index (κ1) is 25.2. The van der Waals surface area contributed by atoms with Crippen LogP contribution in [0.4, 0.5) is 5.69 Å². The van der Waals surface area contributed by atoms with Crippen LogP contribution in [0.15, 0.2) is 61.2 Å². The van der Waals surface area contributed by atoms with Crippen molar-refractivity contribution in [3.63, 3.8) is 0 Å². The Morgan fingerprint density at radius 1 is 1.24 bits per heavy atom. The first-order chi connectivity index (χ1) is 17.7. The first-order valence-corrected chi connectivity index (χ1v) is 12.6. The van der Waals surface area contributed by atoms with Crippen LogP contribution < -0.4 is 4.90 Å². The number of carboxylic acids is 1. The van der Waals surface area contributed by atoms with Crippen LogP contribution >= 0.6 is 0 Å². The molecule has 5 rings (SSSR count). The number of aryl methyl sites for hydroxylation is 2. The normalized spacial score (nSPS) is 28.7. The quantitative estimate of drug-likeness (QED) is 0.535. The summed E-state index contributed by atoms with van der Waals surface area (Å²) in [6.07, 6.45) is 1.86. The van der Waals surface area contributed by atoms with E-state index in [4.69, 9.17) is 4.74 Å². The molecule has 6 atom stereocenters. The summed E-state index contributed by atoms with van der Waals surface area (Å²) in [7, 11) is 0. The zero-order valence-corrected chi connectivity index (χ0v) is 21.0. The van der Waals surface area contributed by atoms with Crippen LogP contribution in [0.5, 0.6) is 0 Å². The van der Waals surface area contributed by atoms with Gasteiger partial charge in [-0.2, -0.15) is 0 Å². The van der Waals surface area contributed by atoms with Crippen molar-refractivity contribution < 1.29 is 29.3 Å². The van der Waals surface area contributed by atoms with E-state index in [0.29, 0.717) is 24.1 Å². The van der Waals surface area contributed by atoms with Crippen LogP contribution in [-0.2, 0) is 19.1 Å². The van der Waals surface area contributed by atoms with Gasteiger partial charge < -0.3 is 24.7 Å². The molecule has 2 aromatic rings. The summed E-state index contributed by atoms with van der Waals surface area (Å²) in [6, 6.07) is 12.9. The van der Waals surface area contributed by atoms with E-state index in [0.717, 1.165) is 11.1 Å². The molecule has 3 saturated heterocycles. The molecule has 2 aromatic carbocycles. The molecule has 0 radical (unpaired) electrons. The number of hydrogen-bond acceptors (Lipinski definition) is 5. The van der Waals surface area contributed by atoms with Crippen LogP contribution in [0.25, 0.3) is 0 Å². The molecule has 8 heteroatoms. The van der Waals surface area contributed by atoms with E-state index >= 15 is 0 Å². The van der Waals surface area contributed by atoms with Gasteiger partial charge in [-0.15, -0.1) is 6.58 Å². The van der Waals surface area contributed by atoms with Crippen molar-refractivity contribution in [2.24, 2.45) is 11.8 Å². The van der Waals surface area contributed by atoms with Gasteiger partial charge in [0, 0.05) is 12.2 Å². The molecule has 3 fully saturated rings. The maximum absolute atomic E-state index is 14.6. The summed E-state index contributed by atoms with van der Waals surface area (Å²) in [6.45, 7) is 7.47. The zero-order chi connectivity index (χ0) is 26.5. The molecule has 3 aliphatic heterocycles. The van der Waals surface area contributed by atoms with Crippen LogP contribution in [0.2, 0.25) is 0 Å². The molecular weight excluding hydrogens is 472 g/mol. The third-order valence-electron chi connectivity index (χ3n) is 8.18. The molecule has 0 saturated carbocycles. The monoisotopic (exact) mass is 504 g/mol. The van der Waals surface area contributed by atoms with Gasteiger partial charge in [-0.25, -0.2) is 0 Å². The van der Waals surface area contributed by atoms with Crippen molar-refractivity contribution in [3.8, 4) is 0 Å². The highest BCUT2D eigenvalue weighted by atomic mass is 16.5. The summed E-state index contributed by atoms with van der Waals surface area (Å²) in [5.74, 6) is -3.97. The van der Waals surface area contributed by atoms with Gasteiger partial charge in [0.1, 0.15) is 11.6 Å². The maximum Gasteiger partial charge on any atom is 0.310 e. The lowest BCUT2D eigenvalue weighted by molar-refractivity contribution is -0.151. The van der Waals surface area contributed by atoms with Crippen LogP contribution in [0, 0.1) is 25.7 Å². The average molecular weight is 505 g/mol. The van der Waals surface area contributed by atoms with Crippen molar-refractivity contribution in [2.45, 2.75) is 50.5 Å². The number of carbonyl (C=O) groups is 3. The number of hydrogen-bond donors (Lipinski definition) is 2. The number of anilines is 1. The van der Waals surface area contributed by atoms with Gasteiger partial charge in [-0.3, -0.25) is 14.4 Å². The number of rotatable bonds is 8. The van der Waals surface area contributed by atoms with Crippen molar-refractivity contribution >= 4 is 23.5 Å². The van der Waals surface area contributed by atoms with Crippen molar-refractivity contribution in [1.82, 2.24) is 4.90 Å². The van der Waals surface area contributed by atoms with E-state index in [9.17, 15) is 24.6 Å². The Morgan fingerprint density at radius 3 is 2.62 bits per heavy atom. The Labute approximate surface area is 216 Å². The van der Waals surface area contributed by atoms with Crippen LogP contribution in [-0.4, -0.2) is 63.8 Å². The lowest BCUT2D eigenvalue weighted by Gasteiger charge is -2.39. The van der Waals surface area contributed by atoms with E-state index in [-0.39, 0.29) is 12.5 Å². The van der Waals surface area contributed by atoms with Crippen LogP contribution in [0.1, 0.15) is 35.6 Å². The topological polar surface area (TPSA) is 107 Å². The van der Waals surface area contributed by atoms with E-state index < -0.39 is 54.1 Å². The van der Waals surface area contributed by atoms with Gasteiger partial charge in [0.2, 0.25) is 5.91 Å². The van der Waals surface area contributed by atoms with Crippen LogP contribution in [0.3, 0.4) is 0 Å². The lowest BCUT2D eigenvalue weighted by atomic mass is 9.70. The van der Waals surface area contributed by atoms with Crippen molar-refractivity contribution in [2.75, 3.05) is 18.1 Å². The second kappa shape index (κ2) is 9.43. The predicted octanol–water partition coefficient (Wildman–Crippen LogP) is 3.02. The fourth-order valence-corrected chi connectivity index (χ4v) is 6.61. The number of fused-ring (bicyclic) bond motifs is 1. The molecule has 2 N–H and O–H groups in total. The van der Waals surface area contributed by atoms with Gasteiger partial charge in [0.25, 0.3) is 5.91 Å². The van der Waals surface area contributed by atoms with Crippen molar-refractivity contribution in [1.29, 1.82) is 0 Å². The second-order valence-electron chi connectivity index (χ2n) is 10.3. The number of ether oxygens (including phenoxy) is 1. The smallest absolute Gasteiger partial charge is 0.310 e. The molecule has 3 heterocycles. The summed E-state index contributed by atoms with van der Waals surface area (Å²) in [5, 5.41) is 20.6. The highest BCUT2D eigenvalue weighted by Gasteiger charge is 2.75. The summed E-state index contributed by atoms with van der Waals surface area (Å²) in [4.78, 5) is 44.0. The number of aliphatic hydroxyl groups excluding tert-OH is 1. The standard InChI is InChI=1S/C29H32N2O6/c1-4-14-30(20-15-17(2)10-11-18(20)3)27(34)25-29-13-12-22(37-29)23(28(35)36)24(29)26(33)31(25)21(16-32)19-8-6-5-7-9-19/h4-11,15,21-25,32H,1,12-14,16H2,2-3H3,(H,35,36)/t21-,22-,23+,24+,25-,29+/m1/s1. The third kappa shape index (κ3) is 3.78. The van der Waals surface area contributed by atoms with E-state index in [1.54, 1.807) is 35.2 Å². The molecule has 0 aliphatic carbocycles. The minimum atomic E-state index is -1.28. The predicted molar refractivity (Wildman–Crippen MR) is 137 cm³/mol. The first-order valence-electron chi connectivity index (χ1n) is 12.6. The molecule has 1 spiro atoms. The Balaban J connectivity index is 1.67. The average Bonchev–Trinajstić information content (AvgIpc) is 3.53. The number of likely N-dealkylation sites (tertiary alicyclic amines) is 1. The summed E-state index contributed by atoms with van der Waals surface area (Å²) < 4.78 is 6.34. The van der Waals surface area contributed by atoms with Gasteiger partial charge >= 0.3 is 5.97 Å².